The van der Waals surface area contributed by atoms with Crippen molar-refractivity contribution >= 4 is 5.78 Å². The van der Waals surface area contributed by atoms with Gasteiger partial charge in [0.1, 0.15) is 5.78 Å². The minimum absolute atomic E-state index is 0. The van der Waals surface area contributed by atoms with Gasteiger partial charge in [-0.15, -0.1) is 0 Å². The zero-order valence-electron chi connectivity index (χ0n) is 15.5. The fourth-order valence-corrected chi connectivity index (χ4v) is 1.91. The molecule has 0 aliphatic heterocycles. The van der Waals surface area contributed by atoms with E-state index in [9.17, 15) is 4.79 Å². The normalized spacial score (nSPS) is 10.2. The highest BCUT2D eigenvalue weighted by molar-refractivity contribution is 5.80. The highest BCUT2D eigenvalue weighted by Crippen LogP contribution is 2.11. The van der Waals surface area contributed by atoms with Crippen LogP contribution in [0.15, 0.2) is 0 Å². The summed E-state index contributed by atoms with van der Waals surface area (Å²) in [6.45, 7) is 17.5. The summed E-state index contributed by atoms with van der Waals surface area (Å²) in [5, 5.41) is 0. The molecule has 0 bridgehead atoms. The van der Waals surface area contributed by atoms with Gasteiger partial charge in [0.15, 0.2) is 0 Å². The summed E-state index contributed by atoms with van der Waals surface area (Å²) in [6.07, 6.45) is 7.23. The summed E-state index contributed by atoms with van der Waals surface area (Å²) in [6, 6.07) is 0. The Balaban J connectivity index is -0.000000137. The first-order valence-electron chi connectivity index (χ1n) is 8.69. The third-order valence-corrected chi connectivity index (χ3v) is 3.41. The van der Waals surface area contributed by atoms with Gasteiger partial charge in [-0.05, 0) is 24.2 Å². The standard InChI is InChI=1S/C10H20O.C9H20.2CH4/c1-8(2)6-5-7-10(11)9(3)4;1-8(2)6-5-7-9(3)4;;/h8-9H,5-7H2,1-4H3;8-9H,5-7H2,1-4H3;2*1H4. The van der Waals surface area contributed by atoms with Crippen molar-refractivity contribution in [1.82, 2.24) is 0 Å². The van der Waals surface area contributed by atoms with Crippen molar-refractivity contribution in [2.45, 2.75) is 109 Å². The minimum Gasteiger partial charge on any atom is -0.299 e. The smallest absolute Gasteiger partial charge is 0.135 e. The van der Waals surface area contributed by atoms with Gasteiger partial charge in [0.25, 0.3) is 0 Å². The van der Waals surface area contributed by atoms with Crippen LogP contribution in [0, 0.1) is 23.7 Å². The van der Waals surface area contributed by atoms with Gasteiger partial charge in [-0.3, -0.25) is 4.79 Å². The first-order valence-corrected chi connectivity index (χ1v) is 8.69. The van der Waals surface area contributed by atoms with Crippen molar-refractivity contribution in [3.05, 3.63) is 0 Å². The number of hydrogen-bond donors (Lipinski definition) is 0. The van der Waals surface area contributed by atoms with Crippen molar-refractivity contribution in [2.24, 2.45) is 23.7 Å². The lowest BCUT2D eigenvalue weighted by molar-refractivity contribution is -0.122. The summed E-state index contributed by atoms with van der Waals surface area (Å²) in [5.41, 5.74) is 0. The van der Waals surface area contributed by atoms with E-state index in [1.54, 1.807) is 0 Å². The Labute approximate surface area is 143 Å². The van der Waals surface area contributed by atoms with Gasteiger partial charge in [0.2, 0.25) is 0 Å². The number of ketones is 1. The van der Waals surface area contributed by atoms with Gasteiger partial charge in [-0.25, -0.2) is 0 Å². The van der Waals surface area contributed by atoms with Crippen LogP contribution in [0.25, 0.3) is 0 Å². The molecule has 0 N–H and O–H groups in total. The van der Waals surface area contributed by atoms with Gasteiger partial charge in [-0.1, -0.05) is 95.9 Å². The van der Waals surface area contributed by atoms with Crippen molar-refractivity contribution in [3.63, 3.8) is 0 Å². The number of hydrogen-bond acceptors (Lipinski definition) is 1. The fourth-order valence-electron chi connectivity index (χ4n) is 1.91. The first-order chi connectivity index (χ1) is 9.16. The topological polar surface area (TPSA) is 17.1 Å². The summed E-state index contributed by atoms with van der Waals surface area (Å²) in [5.74, 6) is 3.15. The van der Waals surface area contributed by atoms with E-state index in [4.69, 9.17) is 0 Å². The molecule has 1 nitrogen and oxygen atoms in total. The summed E-state index contributed by atoms with van der Waals surface area (Å²) < 4.78 is 0. The Morgan fingerprint density at radius 1 is 0.636 bits per heavy atom. The zero-order chi connectivity index (χ0) is 16.1. The van der Waals surface area contributed by atoms with Gasteiger partial charge >= 0.3 is 0 Å². The summed E-state index contributed by atoms with van der Waals surface area (Å²) >= 11 is 0. The maximum absolute atomic E-state index is 11.1. The fraction of sp³-hybridized carbons (Fsp3) is 0.952. The molecule has 138 valence electrons. The lowest BCUT2D eigenvalue weighted by Gasteiger charge is -2.05. The molecule has 0 aliphatic rings. The molecular weight excluding hydrogens is 268 g/mol. The Bertz CT molecular complexity index is 206. The second-order valence-electron chi connectivity index (χ2n) is 7.63. The predicted molar refractivity (Wildman–Crippen MR) is 106 cm³/mol. The largest absolute Gasteiger partial charge is 0.299 e. The van der Waals surface area contributed by atoms with Crippen LogP contribution in [0.4, 0.5) is 0 Å². The highest BCUT2D eigenvalue weighted by atomic mass is 16.1. The first kappa shape index (κ1) is 29.7. The van der Waals surface area contributed by atoms with Crippen LogP contribution in [0.2, 0.25) is 0 Å². The lowest BCUT2D eigenvalue weighted by Crippen LogP contribution is -2.06. The third-order valence-electron chi connectivity index (χ3n) is 3.41. The second-order valence-corrected chi connectivity index (χ2v) is 7.63. The highest BCUT2D eigenvalue weighted by Gasteiger charge is 2.06. The van der Waals surface area contributed by atoms with E-state index in [2.05, 4.69) is 41.5 Å². The van der Waals surface area contributed by atoms with Gasteiger partial charge < -0.3 is 0 Å². The van der Waals surface area contributed by atoms with Crippen molar-refractivity contribution in [1.29, 1.82) is 0 Å². The maximum Gasteiger partial charge on any atom is 0.135 e. The number of carbonyl (C=O) groups excluding carboxylic acids is 1. The molecule has 1 heteroatoms. The molecule has 0 aromatic carbocycles. The molecule has 0 heterocycles. The molecule has 0 aromatic heterocycles. The van der Waals surface area contributed by atoms with Crippen LogP contribution in [0.5, 0.6) is 0 Å². The lowest BCUT2D eigenvalue weighted by atomic mass is 10.00. The Hall–Kier alpha value is -0.330. The second kappa shape index (κ2) is 18.7. The van der Waals surface area contributed by atoms with E-state index in [1.165, 1.54) is 25.7 Å². The zero-order valence-corrected chi connectivity index (χ0v) is 15.5. The molecule has 0 aliphatic carbocycles. The summed E-state index contributed by atoms with van der Waals surface area (Å²) in [7, 11) is 0. The van der Waals surface area contributed by atoms with Crippen LogP contribution < -0.4 is 0 Å². The van der Waals surface area contributed by atoms with Gasteiger partial charge in [0, 0.05) is 12.3 Å². The molecule has 0 amide bonds. The molecule has 0 spiro atoms. The van der Waals surface area contributed by atoms with E-state index in [-0.39, 0.29) is 20.8 Å². The van der Waals surface area contributed by atoms with E-state index >= 15 is 0 Å². The molecule has 0 unspecified atom stereocenters. The van der Waals surface area contributed by atoms with E-state index < -0.39 is 0 Å². The SMILES string of the molecule is C.C.CC(C)CCCC(=O)C(C)C.CC(C)CCCC(C)C. The van der Waals surface area contributed by atoms with Crippen LogP contribution >= 0.6 is 0 Å². The van der Waals surface area contributed by atoms with E-state index in [0.717, 1.165) is 30.6 Å². The molecule has 0 rings (SSSR count). The number of carbonyl (C=O) groups is 1. The Morgan fingerprint density at radius 3 is 1.23 bits per heavy atom. The summed E-state index contributed by atoms with van der Waals surface area (Å²) in [4.78, 5) is 11.1. The van der Waals surface area contributed by atoms with E-state index in [1.807, 2.05) is 13.8 Å². The van der Waals surface area contributed by atoms with Crippen LogP contribution in [-0.2, 0) is 4.79 Å². The van der Waals surface area contributed by atoms with Gasteiger partial charge in [0.05, 0.1) is 0 Å². The van der Waals surface area contributed by atoms with Crippen LogP contribution in [0.3, 0.4) is 0 Å². The monoisotopic (exact) mass is 316 g/mol. The average molecular weight is 317 g/mol. The minimum atomic E-state index is 0. The molecule has 0 fully saturated rings. The third kappa shape index (κ3) is 27.9. The molecule has 0 atom stereocenters. The predicted octanol–water partition coefficient (Wildman–Crippen LogP) is 7.78. The number of rotatable bonds is 9. The average Bonchev–Trinajstić information content (AvgIpc) is 2.27. The van der Waals surface area contributed by atoms with Gasteiger partial charge in [-0.2, -0.15) is 0 Å². The number of Topliss-reactive ketones (excluding diaryl/α,β-unsaturated/α-hetero) is 1. The molecule has 0 saturated heterocycles. The Kier molecular flexibility index (Phi) is 25.2. The maximum atomic E-state index is 11.1. The molecular formula is C21H48O. The molecule has 0 aromatic rings. The van der Waals surface area contributed by atoms with Crippen molar-refractivity contribution < 1.29 is 4.79 Å². The van der Waals surface area contributed by atoms with Crippen LogP contribution in [-0.4, -0.2) is 5.78 Å². The molecule has 22 heavy (non-hydrogen) atoms. The molecule has 0 saturated carbocycles. The van der Waals surface area contributed by atoms with E-state index in [0.29, 0.717) is 5.78 Å². The van der Waals surface area contributed by atoms with Crippen LogP contribution in [0.1, 0.15) is 109 Å². The van der Waals surface area contributed by atoms with Crippen molar-refractivity contribution in [2.75, 3.05) is 0 Å². The Morgan fingerprint density at radius 2 is 0.955 bits per heavy atom. The molecule has 0 radical (unpaired) electrons. The quantitative estimate of drug-likeness (QED) is 0.424. The van der Waals surface area contributed by atoms with Crippen molar-refractivity contribution in [3.8, 4) is 0 Å².